The molecule has 0 aliphatic rings. The summed E-state index contributed by atoms with van der Waals surface area (Å²) in [5.41, 5.74) is 3.82. The molecular formula is C20H29IN4. The van der Waals surface area contributed by atoms with Crippen LogP contribution in [0.1, 0.15) is 29.7 Å². The summed E-state index contributed by atoms with van der Waals surface area (Å²) in [4.78, 5) is 6.50. The van der Waals surface area contributed by atoms with Crippen molar-refractivity contribution in [2.24, 2.45) is 4.99 Å². The summed E-state index contributed by atoms with van der Waals surface area (Å²) < 4.78 is 0. The van der Waals surface area contributed by atoms with Gasteiger partial charge in [-0.15, -0.1) is 24.0 Å². The third-order valence-electron chi connectivity index (χ3n) is 3.83. The molecule has 0 spiro atoms. The van der Waals surface area contributed by atoms with Gasteiger partial charge < -0.3 is 15.5 Å². The van der Waals surface area contributed by atoms with Crippen LogP contribution in [0.3, 0.4) is 0 Å². The Hall–Kier alpha value is -1.60. The van der Waals surface area contributed by atoms with Gasteiger partial charge in [0.2, 0.25) is 0 Å². The van der Waals surface area contributed by atoms with Crippen LogP contribution >= 0.6 is 24.0 Å². The van der Waals surface area contributed by atoms with Crippen LogP contribution in [0.5, 0.6) is 0 Å². The second-order valence-corrected chi connectivity index (χ2v) is 6.26. The molecule has 5 heteroatoms. The van der Waals surface area contributed by atoms with Crippen LogP contribution in [-0.4, -0.2) is 32.0 Å². The minimum atomic E-state index is 0. The standard InChI is InChI=1S/C20H28N4.HI/c1-16(19-11-6-5-7-12-19)23-20(21-2)22-14-17-9-8-10-18(13-17)15-24(3)4;/h5-13,16H,14-15H2,1-4H3,(H2,21,22,23);1H. The lowest BCUT2D eigenvalue weighted by Crippen LogP contribution is -2.38. The molecule has 2 aromatic carbocycles. The number of nitrogens with zero attached hydrogens (tertiary/aromatic N) is 2. The first kappa shape index (κ1) is 21.4. The van der Waals surface area contributed by atoms with Gasteiger partial charge in [0.05, 0.1) is 6.04 Å². The van der Waals surface area contributed by atoms with E-state index in [2.05, 4.69) is 90.1 Å². The highest BCUT2D eigenvalue weighted by Gasteiger charge is 2.07. The third-order valence-corrected chi connectivity index (χ3v) is 3.83. The lowest BCUT2D eigenvalue weighted by molar-refractivity contribution is 0.402. The van der Waals surface area contributed by atoms with Gasteiger partial charge in [0, 0.05) is 20.1 Å². The molecule has 0 heterocycles. The summed E-state index contributed by atoms with van der Waals surface area (Å²) in [6, 6.07) is 19.2. The zero-order chi connectivity index (χ0) is 17.4. The number of halogens is 1. The molecule has 0 saturated heterocycles. The summed E-state index contributed by atoms with van der Waals surface area (Å²) >= 11 is 0. The maximum atomic E-state index is 4.33. The van der Waals surface area contributed by atoms with Crippen molar-refractivity contribution in [1.82, 2.24) is 15.5 Å². The van der Waals surface area contributed by atoms with E-state index >= 15 is 0 Å². The predicted octanol–water partition coefficient (Wildman–Crippen LogP) is 3.79. The van der Waals surface area contributed by atoms with Gasteiger partial charge in [-0.25, -0.2) is 0 Å². The van der Waals surface area contributed by atoms with Crippen LogP contribution in [-0.2, 0) is 13.1 Å². The number of benzene rings is 2. The average molecular weight is 452 g/mol. The fourth-order valence-electron chi connectivity index (χ4n) is 2.61. The van der Waals surface area contributed by atoms with E-state index in [-0.39, 0.29) is 30.0 Å². The van der Waals surface area contributed by atoms with Crippen molar-refractivity contribution in [3.63, 3.8) is 0 Å². The summed E-state index contributed by atoms with van der Waals surface area (Å²) in [7, 11) is 5.97. The van der Waals surface area contributed by atoms with Crippen LogP contribution in [0, 0.1) is 0 Å². The smallest absolute Gasteiger partial charge is 0.191 e. The molecule has 0 fully saturated rings. The molecule has 0 bridgehead atoms. The fourth-order valence-corrected chi connectivity index (χ4v) is 2.61. The molecule has 0 aliphatic heterocycles. The van der Waals surface area contributed by atoms with Crippen molar-refractivity contribution in [2.45, 2.75) is 26.1 Å². The quantitative estimate of drug-likeness (QED) is 0.398. The number of hydrogen-bond donors (Lipinski definition) is 2. The fraction of sp³-hybridized carbons (Fsp3) is 0.350. The molecule has 2 rings (SSSR count). The van der Waals surface area contributed by atoms with Crippen LogP contribution in [0.2, 0.25) is 0 Å². The second kappa shape index (κ2) is 11.1. The van der Waals surface area contributed by atoms with Gasteiger partial charge in [-0.1, -0.05) is 54.6 Å². The Labute approximate surface area is 168 Å². The van der Waals surface area contributed by atoms with Crippen LogP contribution in [0.25, 0.3) is 0 Å². The Kier molecular flexibility index (Phi) is 9.52. The molecule has 2 N–H and O–H groups in total. The first-order valence-corrected chi connectivity index (χ1v) is 8.33. The predicted molar refractivity (Wildman–Crippen MR) is 117 cm³/mol. The Morgan fingerprint density at radius 1 is 1.04 bits per heavy atom. The van der Waals surface area contributed by atoms with Crippen molar-refractivity contribution < 1.29 is 0 Å². The molecule has 0 radical (unpaired) electrons. The highest BCUT2D eigenvalue weighted by Crippen LogP contribution is 2.11. The van der Waals surface area contributed by atoms with Gasteiger partial charge in [0.15, 0.2) is 5.96 Å². The highest BCUT2D eigenvalue weighted by molar-refractivity contribution is 14.0. The Morgan fingerprint density at radius 3 is 2.36 bits per heavy atom. The summed E-state index contributed by atoms with van der Waals surface area (Å²) in [5, 5.41) is 6.82. The van der Waals surface area contributed by atoms with E-state index in [1.807, 2.05) is 6.07 Å². The maximum Gasteiger partial charge on any atom is 0.191 e. The van der Waals surface area contributed by atoms with Crippen molar-refractivity contribution in [2.75, 3.05) is 21.1 Å². The Bertz CT molecular complexity index is 656. The van der Waals surface area contributed by atoms with E-state index in [9.17, 15) is 0 Å². The molecule has 0 aliphatic carbocycles. The van der Waals surface area contributed by atoms with E-state index in [1.165, 1.54) is 16.7 Å². The van der Waals surface area contributed by atoms with Gasteiger partial charge >= 0.3 is 0 Å². The number of guanidine groups is 1. The number of aliphatic imine (C=N–C) groups is 1. The summed E-state index contributed by atoms with van der Waals surface area (Å²) in [6.45, 7) is 3.84. The lowest BCUT2D eigenvalue weighted by atomic mass is 10.1. The average Bonchev–Trinajstić information content (AvgIpc) is 2.59. The van der Waals surface area contributed by atoms with E-state index in [1.54, 1.807) is 7.05 Å². The summed E-state index contributed by atoms with van der Waals surface area (Å²) in [5.74, 6) is 0.810. The van der Waals surface area contributed by atoms with Crippen LogP contribution in [0.4, 0.5) is 0 Å². The first-order chi connectivity index (χ1) is 11.6. The van der Waals surface area contributed by atoms with Crippen molar-refractivity contribution in [1.29, 1.82) is 0 Å². The van der Waals surface area contributed by atoms with E-state index in [4.69, 9.17) is 0 Å². The molecule has 1 atom stereocenters. The summed E-state index contributed by atoms with van der Waals surface area (Å²) in [6.07, 6.45) is 0. The van der Waals surface area contributed by atoms with Gasteiger partial charge in [-0.3, -0.25) is 4.99 Å². The van der Waals surface area contributed by atoms with E-state index in [0.717, 1.165) is 19.0 Å². The Balaban J connectivity index is 0.00000312. The normalized spacial score (nSPS) is 12.4. The minimum Gasteiger partial charge on any atom is -0.352 e. The molecule has 25 heavy (non-hydrogen) atoms. The number of rotatable bonds is 6. The topological polar surface area (TPSA) is 39.7 Å². The van der Waals surface area contributed by atoms with Gasteiger partial charge in [0.1, 0.15) is 0 Å². The van der Waals surface area contributed by atoms with Gasteiger partial charge in [-0.05, 0) is 37.7 Å². The Morgan fingerprint density at radius 2 is 1.72 bits per heavy atom. The molecular weight excluding hydrogens is 423 g/mol. The monoisotopic (exact) mass is 452 g/mol. The molecule has 2 aromatic rings. The zero-order valence-corrected chi connectivity index (χ0v) is 17.8. The minimum absolute atomic E-state index is 0. The van der Waals surface area contributed by atoms with Crippen LogP contribution in [0.15, 0.2) is 59.6 Å². The van der Waals surface area contributed by atoms with Crippen molar-refractivity contribution in [3.8, 4) is 0 Å². The molecule has 1 unspecified atom stereocenters. The maximum absolute atomic E-state index is 4.33. The SMILES string of the molecule is CN=C(NCc1cccc(CN(C)C)c1)NC(C)c1ccccc1.I. The molecule has 4 nitrogen and oxygen atoms in total. The van der Waals surface area contributed by atoms with Crippen LogP contribution < -0.4 is 10.6 Å². The van der Waals surface area contributed by atoms with Crippen molar-refractivity contribution in [3.05, 3.63) is 71.3 Å². The molecule has 0 saturated carbocycles. The third kappa shape index (κ3) is 7.44. The first-order valence-electron chi connectivity index (χ1n) is 8.33. The second-order valence-electron chi connectivity index (χ2n) is 6.26. The van der Waals surface area contributed by atoms with Gasteiger partial charge in [-0.2, -0.15) is 0 Å². The van der Waals surface area contributed by atoms with Crippen molar-refractivity contribution >= 4 is 29.9 Å². The van der Waals surface area contributed by atoms with Gasteiger partial charge in [0.25, 0.3) is 0 Å². The highest BCUT2D eigenvalue weighted by atomic mass is 127. The zero-order valence-electron chi connectivity index (χ0n) is 15.5. The number of hydrogen-bond acceptors (Lipinski definition) is 2. The molecule has 136 valence electrons. The largest absolute Gasteiger partial charge is 0.352 e. The van der Waals surface area contributed by atoms with E-state index in [0.29, 0.717) is 0 Å². The number of nitrogens with one attached hydrogen (secondary N) is 2. The van der Waals surface area contributed by atoms with E-state index < -0.39 is 0 Å². The molecule has 0 amide bonds. The lowest BCUT2D eigenvalue weighted by Gasteiger charge is -2.18. The molecule has 0 aromatic heterocycles.